The molecule has 2 rings (SSSR count). The quantitative estimate of drug-likeness (QED) is 0.906. The van der Waals surface area contributed by atoms with Gasteiger partial charge in [-0.25, -0.2) is 4.68 Å². The first kappa shape index (κ1) is 13.2. The molecule has 0 radical (unpaired) electrons. The Morgan fingerprint density at radius 1 is 1.33 bits per heavy atom. The van der Waals surface area contributed by atoms with Crippen LogP contribution in [0.2, 0.25) is 0 Å². The fourth-order valence-corrected chi connectivity index (χ4v) is 2.46. The lowest BCUT2D eigenvalue weighted by molar-refractivity contribution is 0.460. The van der Waals surface area contributed by atoms with Crippen LogP contribution in [0.4, 0.5) is 8.78 Å². The van der Waals surface area contributed by atoms with E-state index in [1.165, 1.54) is 10.7 Å². The Morgan fingerprint density at radius 3 is 2.67 bits per heavy atom. The Balaban J connectivity index is 1.96. The summed E-state index contributed by atoms with van der Waals surface area (Å²) in [7, 11) is 0. The molecule has 0 aromatic carbocycles. The van der Waals surface area contributed by atoms with Crippen molar-refractivity contribution >= 4 is 11.3 Å². The second-order valence-electron chi connectivity index (χ2n) is 3.98. The average molecular weight is 271 g/mol. The van der Waals surface area contributed by atoms with E-state index in [2.05, 4.69) is 10.4 Å². The van der Waals surface area contributed by atoms with Gasteiger partial charge in [0, 0.05) is 30.1 Å². The minimum Gasteiger partial charge on any atom is -0.308 e. The van der Waals surface area contributed by atoms with Crippen molar-refractivity contribution in [3.05, 3.63) is 39.3 Å². The maximum absolute atomic E-state index is 13.8. The Morgan fingerprint density at radius 2 is 2.11 bits per heavy atom. The van der Waals surface area contributed by atoms with Crippen LogP contribution < -0.4 is 5.32 Å². The number of aromatic nitrogens is 2. The smallest absolute Gasteiger partial charge is 0.216 e. The van der Waals surface area contributed by atoms with Crippen molar-refractivity contribution in [2.75, 3.05) is 0 Å². The van der Waals surface area contributed by atoms with E-state index in [4.69, 9.17) is 0 Å². The van der Waals surface area contributed by atoms with Crippen LogP contribution in [-0.4, -0.2) is 9.78 Å². The highest BCUT2D eigenvalue weighted by molar-refractivity contribution is 7.10. The van der Waals surface area contributed by atoms with Gasteiger partial charge in [0.05, 0.1) is 5.69 Å². The normalized spacial score (nSPS) is 11.1. The molecular weight excluding hydrogens is 256 g/mol. The van der Waals surface area contributed by atoms with E-state index in [0.717, 1.165) is 16.2 Å². The Hall–Kier alpha value is -1.27. The van der Waals surface area contributed by atoms with Crippen molar-refractivity contribution in [1.82, 2.24) is 15.1 Å². The summed E-state index contributed by atoms with van der Waals surface area (Å²) < 4.78 is 27.9. The molecule has 2 aromatic heterocycles. The lowest BCUT2D eigenvalue weighted by Crippen LogP contribution is -2.13. The van der Waals surface area contributed by atoms with Gasteiger partial charge < -0.3 is 5.32 Å². The van der Waals surface area contributed by atoms with Crippen LogP contribution in [0.3, 0.4) is 0 Å². The van der Waals surface area contributed by atoms with Crippen molar-refractivity contribution in [2.45, 2.75) is 33.5 Å². The molecule has 0 bridgehead atoms. The number of hydrogen-bond acceptors (Lipinski definition) is 3. The molecule has 18 heavy (non-hydrogen) atoms. The largest absolute Gasteiger partial charge is 0.308 e. The molecule has 0 aliphatic rings. The SMILES string of the molecule is CCn1nc(C)c(CNCc2ccc(F)s2)c1F. The summed E-state index contributed by atoms with van der Waals surface area (Å²) in [5.41, 5.74) is 1.27. The fraction of sp³-hybridized carbons (Fsp3) is 0.417. The van der Waals surface area contributed by atoms with Crippen LogP contribution in [0.25, 0.3) is 0 Å². The molecular formula is C12H15F2N3S. The molecule has 0 amide bonds. The van der Waals surface area contributed by atoms with E-state index >= 15 is 0 Å². The standard InChI is InChI=1S/C12H15F2N3S/c1-3-17-12(14)10(8(2)16-17)7-15-6-9-4-5-11(13)18-9/h4-5,15H,3,6-7H2,1-2H3. The second kappa shape index (κ2) is 5.58. The summed E-state index contributed by atoms with van der Waals surface area (Å²) in [6, 6.07) is 3.16. The molecule has 6 heteroatoms. The van der Waals surface area contributed by atoms with Crippen LogP contribution in [0.5, 0.6) is 0 Å². The lowest BCUT2D eigenvalue weighted by atomic mass is 10.2. The molecule has 0 aliphatic carbocycles. The predicted molar refractivity (Wildman–Crippen MR) is 67.4 cm³/mol. The van der Waals surface area contributed by atoms with Gasteiger partial charge in [0.1, 0.15) is 0 Å². The van der Waals surface area contributed by atoms with Gasteiger partial charge in [-0.05, 0) is 26.0 Å². The maximum atomic E-state index is 13.8. The van der Waals surface area contributed by atoms with Gasteiger partial charge in [-0.3, -0.25) is 0 Å². The van der Waals surface area contributed by atoms with Gasteiger partial charge in [0.2, 0.25) is 5.95 Å². The summed E-state index contributed by atoms with van der Waals surface area (Å²) in [4.78, 5) is 0.897. The summed E-state index contributed by atoms with van der Waals surface area (Å²) >= 11 is 1.10. The van der Waals surface area contributed by atoms with Crippen LogP contribution in [0.15, 0.2) is 12.1 Å². The summed E-state index contributed by atoms with van der Waals surface area (Å²) in [6.45, 7) is 5.09. The van der Waals surface area contributed by atoms with E-state index in [1.54, 1.807) is 13.0 Å². The average Bonchev–Trinajstić information content (AvgIpc) is 2.86. The molecule has 1 N–H and O–H groups in total. The highest BCUT2D eigenvalue weighted by Crippen LogP contribution is 2.15. The highest BCUT2D eigenvalue weighted by Gasteiger charge is 2.13. The van der Waals surface area contributed by atoms with Gasteiger partial charge in [-0.1, -0.05) is 0 Å². The van der Waals surface area contributed by atoms with Gasteiger partial charge in [-0.2, -0.15) is 13.9 Å². The van der Waals surface area contributed by atoms with Gasteiger partial charge in [0.15, 0.2) is 5.13 Å². The van der Waals surface area contributed by atoms with Crippen molar-refractivity contribution < 1.29 is 8.78 Å². The Labute approximate surface area is 108 Å². The first-order valence-corrected chi connectivity index (χ1v) is 6.60. The van der Waals surface area contributed by atoms with Crippen molar-refractivity contribution in [3.8, 4) is 0 Å². The second-order valence-corrected chi connectivity index (χ2v) is 5.10. The molecule has 2 aromatic rings. The van der Waals surface area contributed by atoms with Crippen molar-refractivity contribution in [1.29, 1.82) is 0 Å². The van der Waals surface area contributed by atoms with E-state index in [9.17, 15) is 8.78 Å². The third-order valence-electron chi connectivity index (χ3n) is 2.71. The Bertz CT molecular complexity index is 533. The van der Waals surface area contributed by atoms with Crippen LogP contribution in [-0.2, 0) is 19.6 Å². The fourth-order valence-electron chi connectivity index (χ4n) is 1.76. The summed E-state index contributed by atoms with van der Waals surface area (Å²) in [5.74, 6) is -0.292. The van der Waals surface area contributed by atoms with E-state index < -0.39 is 0 Å². The molecule has 3 nitrogen and oxygen atoms in total. The van der Waals surface area contributed by atoms with Crippen LogP contribution in [0, 0.1) is 18.0 Å². The number of aryl methyl sites for hydroxylation is 2. The van der Waals surface area contributed by atoms with Gasteiger partial charge in [-0.15, -0.1) is 11.3 Å². The van der Waals surface area contributed by atoms with E-state index in [0.29, 0.717) is 30.9 Å². The van der Waals surface area contributed by atoms with Crippen LogP contribution in [0.1, 0.15) is 23.1 Å². The van der Waals surface area contributed by atoms with E-state index in [1.807, 2.05) is 6.92 Å². The predicted octanol–water partition coefficient (Wildman–Crippen LogP) is 2.84. The lowest BCUT2D eigenvalue weighted by Gasteiger charge is -2.02. The first-order valence-electron chi connectivity index (χ1n) is 5.78. The van der Waals surface area contributed by atoms with Crippen molar-refractivity contribution in [3.63, 3.8) is 0 Å². The minimum atomic E-state index is -0.292. The minimum absolute atomic E-state index is 0.201. The molecule has 98 valence electrons. The first-order chi connectivity index (χ1) is 8.61. The van der Waals surface area contributed by atoms with Gasteiger partial charge in [0.25, 0.3) is 0 Å². The number of nitrogens with zero attached hydrogens (tertiary/aromatic N) is 2. The number of rotatable bonds is 5. The monoisotopic (exact) mass is 271 g/mol. The molecule has 0 atom stereocenters. The summed E-state index contributed by atoms with van der Waals surface area (Å²) in [6.07, 6.45) is 0. The zero-order valence-electron chi connectivity index (χ0n) is 10.3. The topological polar surface area (TPSA) is 29.9 Å². The molecule has 0 fully saturated rings. The molecule has 0 unspecified atom stereocenters. The number of thiophene rings is 1. The van der Waals surface area contributed by atoms with Gasteiger partial charge >= 0.3 is 0 Å². The number of nitrogens with one attached hydrogen (secondary N) is 1. The zero-order valence-corrected chi connectivity index (χ0v) is 11.2. The Kier molecular flexibility index (Phi) is 4.08. The molecule has 0 saturated heterocycles. The molecule has 0 aliphatic heterocycles. The maximum Gasteiger partial charge on any atom is 0.216 e. The molecule has 2 heterocycles. The third kappa shape index (κ3) is 2.76. The van der Waals surface area contributed by atoms with Crippen molar-refractivity contribution in [2.24, 2.45) is 0 Å². The molecule has 0 spiro atoms. The number of halogens is 2. The van der Waals surface area contributed by atoms with Crippen LogP contribution >= 0.6 is 11.3 Å². The molecule has 0 saturated carbocycles. The number of hydrogen-bond donors (Lipinski definition) is 1. The zero-order chi connectivity index (χ0) is 13.1. The summed E-state index contributed by atoms with van der Waals surface area (Å²) in [5, 5.41) is 7.00. The third-order valence-corrected chi connectivity index (χ3v) is 3.59. The van der Waals surface area contributed by atoms with E-state index in [-0.39, 0.29) is 11.1 Å². The highest BCUT2D eigenvalue weighted by atomic mass is 32.1.